The summed E-state index contributed by atoms with van der Waals surface area (Å²) < 4.78 is 2.99. The Labute approximate surface area is 229 Å². The molecule has 2 aromatic carbocycles. The van der Waals surface area contributed by atoms with Gasteiger partial charge >= 0.3 is 6.03 Å². The van der Waals surface area contributed by atoms with E-state index in [2.05, 4.69) is 32.1 Å². The van der Waals surface area contributed by atoms with E-state index in [-0.39, 0.29) is 34.4 Å². The Morgan fingerprint density at radius 2 is 1.65 bits per heavy atom. The van der Waals surface area contributed by atoms with E-state index >= 15 is 0 Å². The number of rotatable bonds is 6. The molecule has 0 unspecified atom stereocenters. The van der Waals surface area contributed by atoms with Crippen molar-refractivity contribution in [2.45, 2.75) is 26.7 Å². The van der Waals surface area contributed by atoms with Gasteiger partial charge in [-0.2, -0.15) is 10.4 Å². The maximum atomic E-state index is 14.1. The molecule has 0 saturated heterocycles. The Balaban J connectivity index is 1.63. The zero-order valence-electron chi connectivity index (χ0n) is 22.0. The first-order valence-corrected chi connectivity index (χ1v) is 12.5. The van der Waals surface area contributed by atoms with Crippen molar-refractivity contribution in [3.05, 3.63) is 94.5 Å². The molecule has 0 aliphatic heterocycles. The molecule has 5 rings (SSSR count). The van der Waals surface area contributed by atoms with E-state index in [1.165, 1.54) is 11.3 Å². The highest BCUT2D eigenvalue weighted by Gasteiger charge is 2.27. The quantitative estimate of drug-likeness (QED) is 0.240. The van der Waals surface area contributed by atoms with E-state index in [1.54, 1.807) is 47.4 Å². The molecule has 40 heavy (non-hydrogen) atoms. The molecule has 0 aliphatic carbocycles. The number of hydrogen-bond donors (Lipinski definition) is 4. The Kier molecular flexibility index (Phi) is 6.90. The number of nitriles is 1. The van der Waals surface area contributed by atoms with Crippen LogP contribution in [0.3, 0.4) is 0 Å². The Bertz CT molecular complexity index is 1810. The molecule has 3 heterocycles. The van der Waals surface area contributed by atoms with Gasteiger partial charge in [0.1, 0.15) is 23.1 Å². The molecule has 3 amide bonds. The van der Waals surface area contributed by atoms with Crippen molar-refractivity contribution in [1.29, 1.82) is 5.26 Å². The predicted molar refractivity (Wildman–Crippen MR) is 153 cm³/mol. The van der Waals surface area contributed by atoms with Crippen molar-refractivity contribution in [3.8, 4) is 23.0 Å². The standard InChI is InChI=1S/C29H26N8O3/c1-17(2)23-25(35-29(40)33-21-12-10-20(11-13-21)32-18(3)38)34-26-22(16-30)24(19-8-5-4-6-9-19)27(37(26)28(23)39)36-15-7-14-31-36/h4-15,17,34H,1-3H3,(H,32,38)(H2,33,35,40). The lowest BCUT2D eigenvalue weighted by Crippen LogP contribution is -2.28. The second kappa shape index (κ2) is 10.6. The Morgan fingerprint density at radius 1 is 0.975 bits per heavy atom. The summed E-state index contributed by atoms with van der Waals surface area (Å²) in [6, 6.07) is 19.3. The highest BCUT2D eigenvalue weighted by Crippen LogP contribution is 2.35. The molecule has 0 bridgehead atoms. The fraction of sp³-hybridized carbons (Fsp3) is 0.138. The number of H-pyrrole nitrogens is 1. The van der Waals surface area contributed by atoms with Gasteiger partial charge in [-0.1, -0.05) is 44.2 Å². The second-order valence-electron chi connectivity index (χ2n) is 9.40. The minimum absolute atomic E-state index is 0.181. The number of anilines is 3. The van der Waals surface area contributed by atoms with Gasteiger partial charge in [-0.05, 0) is 41.8 Å². The normalized spacial score (nSPS) is 10.9. The van der Waals surface area contributed by atoms with E-state index in [0.717, 1.165) is 5.56 Å². The van der Waals surface area contributed by atoms with E-state index in [9.17, 15) is 19.6 Å². The summed E-state index contributed by atoms with van der Waals surface area (Å²) in [5.41, 5.74) is 2.76. The van der Waals surface area contributed by atoms with Crippen LogP contribution in [0.5, 0.6) is 0 Å². The highest BCUT2D eigenvalue weighted by atomic mass is 16.2. The van der Waals surface area contributed by atoms with E-state index < -0.39 is 6.03 Å². The first kappa shape index (κ1) is 26.0. The summed E-state index contributed by atoms with van der Waals surface area (Å²) in [6.45, 7) is 5.11. The molecular weight excluding hydrogens is 508 g/mol. The second-order valence-corrected chi connectivity index (χ2v) is 9.40. The van der Waals surface area contributed by atoms with Crippen LogP contribution in [0, 0.1) is 11.3 Å². The predicted octanol–water partition coefficient (Wildman–Crippen LogP) is 5.08. The van der Waals surface area contributed by atoms with Crippen LogP contribution in [-0.4, -0.2) is 31.1 Å². The number of hydrogen-bond acceptors (Lipinski definition) is 5. The van der Waals surface area contributed by atoms with Gasteiger partial charge in [-0.25, -0.2) is 13.9 Å². The van der Waals surface area contributed by atoms with Crippen molar-refractivity contribution in [2.75, 3.05) is 16.0 Å². The number of fused-ring (bicyclic) bond motifs is 1. The van der Waals surface area contributed by atoms with E-state index in [0.29, 0.717) is 28.3 Å². The zero-order valence-corrected chi connectivity index (χ0v) is 22.0. The van der Waals surface area contributed by atoms with Gasteiger partial charge in [0.2, 0.25) is 5.91 Å². The van der Waals surface area contributed by atoms with Gasteiger partial charge in [0.25, 0.3) is 5.56 Å². The molecular formula is C29H26N8O3. The van der Waals surface area contributed by atoms with Gasteiger partial charge in [0.05, 0.1) is 5.56 Å². The molecule has 0 atom stereocenters. The number of benzene rings is 2. The third-order valence-electron chi connectivity index (χ3n) is 6.27. The zero-order chi connectivity index (χ0) is 28.4. The molecule has 4 N–H and O–H groups in total. The largest absolute Gasteiger partial charge is 0.326 e. The number of aromatic amines is 1. The topological polar surface area (TPSA) is 149 Å². The van der Waals surface area contributed by atoms with Crippen LogP contribution >= 0.6 is 0 Å². The van der Waals surface area contributed by atoms with Gasteiger partial charge in [-0.15, -0.1) is 0 Å². The molecule has 5 aromatic rings. The smallest absolute Gasteiger partial charge is 0.324 e. The molecule has 200 valence electrons. The number of nitrogens with zero attached hydrogens (tertiary/aromatic N) is 4. The molecule has 0 fully saturated rings. The van der Waals surface area contributed by atoms with Gasteiger partial charge in [0, 0.05) is 36.3 Å². The average molecular weight is 535 g/mol. The van der Waals surface area contributed by atoms with E-state index in [4.69, 9.17) is 0 Å². The third-order valence-corrected chi connectivity index (χ3v) is 6.27. The molecule has 0 radical (unpaired) electrons. The van der Waals surface area contributed by atoms with Crippen LogP contribution in [0.1, 0.15) is 37.8 Å². The van der Waals surface area contributed by atoms with Crippen LogP contribution in [0.2, 0.25) is 0 Å². The molecule has 0 spiro atoms. The number of aromatic nitrogens is 4. The summed E-state index contributed by atoms with van der Waals surface area (Å²) in [7, 11) is 0. The van der Waals surface area contributed by atoms with Crippen molar-refractivity contribution in [2.24, 2.45) is 0 Å². The highest BCUT2D eigenvalue weighted by molar-refractivity contribution is 6.00. The maximum absolute atomic E-state index is 14.1. The first-order chi connectivity index (χ1) is 19.3. The van der Waals surface area contributed by atoms with Gasteiger partial charge in [0.15, 0.2) is 5.82 Å². The van der Waals surface area contributed by atoms with Crippen molar-refractivity contribution >= 4 is 34.8 Å². The monoisotopic (exact) mass is 534 g/mol. The van der Waals surface area contributed by atoms with E-state index in [1.807, 2.05) is 44.2 Å². The summed E-state index contributed by atoms with van der Waals surface area (Å²) >= 11 is 0. The van der Waals surface area contributed by atoms with Crippen LogP contribution in [-0.2, 0) is 4.79 Å². The van der Waals surface area contributed by atoms with Gasteiger partial charge in [-0.3, -0.25) is 14.9 Å². The fourth-order valence-corrected chi connectivity index (χ4v) is 4.64. The molecule has 11 heteroatoms. The maximum Gasteiger partial charge on any atom is 0.324 e. The summed E-state index contributed by atoms with van der Waals surface area (Å²) in [4.78, 5) is 41.5. The van der Waals surface area contributed by atoms with Crippen molar-refractivity contribution < 1.29 is 9.59 Å². The van der Waals surface area contributed by atoms with Crippen LogP contribution < -0.4 is 21.5 Å². The lowest BCUT2D eigenvalue weighted by atomic mass is 10.0. The Morgan fingerprint density at radius 3 is 2.23 bits per heavy atom. The number of carbonyl (C=O) groups excluding carboxylic acids is 2. The van der Waals surface area contributed by atoms with Gasteiger partial charge < -0.3 is 15.6 Å². The minimum Gasteiger partial charge on any atom is -0.326 e. The molecule has 3 aromatic heterocycles. The first-order valence-electron chi connectivity index (χ1n) is 12.5. The Hall–Kier alpha value is -5.63. The van der Waals surface area contributed by atoms with Crippen LogP contribution in [0.25, 0.3) is 22.6 Å². The summed E-state index contributed by atoms with van der Waals surface area (Å²) in [5.74, 6) is 0.118. The third kappa shape index (κ3) is 4.81. The minimum atomic E-state index is -0.588. The molecule has 0 saturated carbocycles. The van der Waals surface area contributed by atoms with Crippen molar-refractivity contribution in [1.82, 2.24) is 19.2 Å². The summed E-state index contributed by atoms with van der Waals surface area (Å²) in [5, 5.41) is 22.8. The average Bonchev–Trinajstić information content (AvgIpc) is 3.56. The van der Waals surface area contributed by atoms with Crippen molar-refractivity contribution in [3.63, 3.8) is 0 Å². The molecule has 0 aliphatic rings. The number of nitrogens with one attached hydrogen (secondary N) is 4. The van der Waals surface area contributed by atoms with Crippen LogP contribution in [0.15, 0.2) is 77.9 Å². The number of amides is 3. The fourth-order valence-electron chi connectivity index (χ4n) is 4.64. The number of urea groups is 1. The lowest BCUT2D eigenvalue weighted by Gasteiger charge is -2.16. The summed E-state index contributed by atoms with van der Waals surface area (Å²) in [6.07, 6.45) is 3.31. The van der Waals surface area contributed by atoms with Crippen LogP contribution in [0.4, 0.5) is 22.0 Å². The SMILES string of the molecule is CC(=O)Nc1ccc(NC(=O)Nc2[nH]c3c(C#N)c(-c4ccccc4)c(-n4cccn4)n3c(=O)c2C(C)C)cc1. The lowest BCUT2D eigenvalue weighted by molar-refractivity contribution is -0.114. The molecule has 11 nitrogen and oxygen atoms in total. The number of carbonyl (C=O) groups is 2.